The Kier molecular flexibility index (Phi) is 4.40. The lowest BCUT2D eigenvalue weighted by Gasteiger charge is -2.16. The van der Waals surface area contributed by atoms with Crippen LogP contribution in [-0.2, 0) is 0 Å². The van der Waals surface area contributed by atoms with Crippen LogP contribution in [0.1, 0.15) is 0 Å². The van der Waals surface area contributed by atoms with Gasteiger partial charge in [0.05, 0.1) is 11.0 Å². The van der Waals surface area contributed by atoms with Gasteiger partial charge in [-0.1, -0.05) is 91.0 Å². The maximum atomic E-state index is 5.08. The van der Waals surface area contributed by atoms with Gasteiger partial charge in [-0.05, 0) is 11.1 Å². The van der Waals surface area contributed by atoms with E-state index in [1.165, 1.54) is 0 Å². The van der Waals surface area contributed by atoms with Crippen LogP contribution in [0.15, 0.2) is 110 Å². The van der Waals surface area contributed by atoms with Crippen molar-refractivity contribution in [3.8, 4) is 33.6 Å². The minimum Gasteiger partial charge on any atom is -0.252 e. The van der Waals surface area contributed by atoms with E-state index in [0.29, 0.717) is 5.82 Å². The molecule has 2 heterocycles. The Morgan fingerprint density at radius 1 is 0.438 bits per heavy atom. The number of hydrogen-bond acceptors (Lipinski definition) is 4. The Hall–Kier alpha value is -4.44. The average Bonchev–Trinajstić information content (AvgIpc) is 2.89. The van der Waals surface area contributed by atoms with E-state index in [-0.39, 0.29) is 0 Å². The van der Waals surface area contributed by atoms with Crippen LogP contribution in [0.5, 0.6) is 0 Å². The zero-order chi connectivity index (χ0) is 21.3. The maximum absolute atomic E-state index is 5.08. The summed E-state index contributed by atoms with van der Waals surface area (Å²) >= 11 is 0. The van der Waals surface area contributed by atoms with Crippen LogP contribution in [0.3, 0.4) is 0 Å². The van der Waals surface area contributed by atoms with Crippen LogP contribution < -0.4 is 0 Å². The van der Waals surface area contributed by atoms with Gasteiger partial charge in [-0.2, -0.15) is 0 Å². The fourth-order valence-electron chi connectivity index (χ4n) is 4.20. The van der Waals surface area contributed by atoms with Gasteiger partial charge in [0, 0.05) is 40.7 Å². The van der Waals surface area contributed by atoms with Gasteiger partial charge in [0.25, 0.3) is 0 Å². The lowest BCUT2D eigenvalue weighted by molar-refractivity contribution is 1.22. The minimum absolute atomic E-state index is 0.692. The Morgan fingerprint density at radius 2 is 0.938 bits per heavy atom. The predicted octanol–water partition coefficient (Wildman–Crippen LogP) is 6.57. The van der Waals surface area contributed by atoms with Crippen molar-refractivity contribution < 1.29 is 0 Å². The smallest absolute Gasteiger partial charge is 0.159 e. The predicted molar refractivity (Wildman–Crippen MR) is 129 cm³/mol. The van der Waals surface area contributed by atoms with Crippen molar-refractivity contribution in [3.63, 3.8) is 0 Å². The zero-order valence-electron chi connectivity index (χ0n) is 17.2. The van der Waals surface area contributed by atoms with Crippen molar-refractivity contribution in [1.29, 1.82) is 0 Å². The Morgan fingerprint density at radius 3 is 1.53 bits per heavy atom. The maximum Gasteiger partial charge on any atom is 0.159 e. The van der Waals surface area contributed by atoms with Crippen LogP contribution in [0, 0.1) is 0 Å². The number of rotatable bonds is 3. The summed E-state index contributed by atoms with van der Waals surface area (Å²) in [5.74, 6) is 0.692. The first kappa shape index (κ1) is 18.3. The summed E-state index contributed by atoms with van der Waals surface area (Å²) in [5.41, 5.74) is 7.75. The molecule has 0 radical (unpaired) electrons. The summed E-state index contributed by atoms with van der Waals surface area (Å²) < 4.78 is 0. The van der Waals surface area contributed by atoms with Gasteiger partial charge < -0.3 is 0 Å². The van der Waals surface area contributed by atoms with Crippen LogP contribution >= 0.6 is 0 Å². The third-order valence-electron chi connectivity index (χ3n) is 5.62. The molecular weight excluding hydrogens is 392 g/mol. The third kappa shape index (κ3) is 3.01. The second-order valence-electron chi connectivity index (χ2n) is 7.56. The van der Waals surface area contributed by atoms with Crippen molar-refractivity contribution >= 4 is 21.9 Å². The highest BCUT2D eigenvalue weighted by molar-refractivity contribution is 6.17. The van der Waals surface area contributed by atoms with Crippen molar-refractivity contribution in [2.24, 2.45) is 0 Å². The number of nitrogens with zero attached hydrogens (tertiary/aromatic N) is 4. The van der Waals surface area contributed by atoms with Gasteiger partial charge in [-0.25, -0.2) is 9.97 Å². The first-order valence-corrected chi connectivity index (χ1v) is 10.5. The summed E-state index contributed by atoms with van der Waals surface area (Å²) in [6.07, 6.45) is 5.35. The topological polar surface area (TPSA) is 51.6 Å². The molecule has 0 saturated carbocycles. The van der Waals surface area contributed by atoms with Crippen LogP contribution in [0.25, 0.3) is 55.6 Å². The molecule has 4 aromatic carbocycles. The monoisotopic (exact) mass is 410 g/mol. The molecule has 0 aliphatic carbocycles. The van der Waals surface area contributed by atoms with Crippen molar-refractivity contribution in [3.05, 3.63) is 110 Å². The number of fused-ring (bicyclic) bond motifs is 3. The summed E-state index contributed by atoms with van der Waals surface area (Å²) in [4.78, 5) is 19.2. The van der Waals surface area contributed by atoms with E-state index in [0.717, 1.165) is 49.8 Å². The highest BCUT2D eigenvalue weighted by Crippen LogP contribution is 2.42. The second kappa shape index (κ2) is 7.67. The quantitative estimate of drug-likeness (QED) is 0.310. The van der Waals surface area contributed by atoms with Crippen LogP contribution in [-0.4, -0.2) is 19.9 Å². The Bertz CT molecular complexity index is 1550. The Labute approximate surface area is 185 Å². The SMILES string of the molecule is c1ccc(-c2ncc3c(n2)c(-c2ccccc2)c(-c2ccccc2)c2nccnc23)cc1. The summed E-state index contributed by atoms with van der Waals surface area (Å²) in [7, 11) is 0. The van der Waals surface area contributed by atoms with Gasteiger partial charge in [0.15, 0.2) is 5.82 Å². The van der Waals surface area contributed by atoms with E-state index in [9.17, 15) is 0 Å². The van der Waals surface area contributed by atoms with Gasteiger partial charge in [0.2, 0.25) is 0 Å². The molecule has 32 heavy (non-hydrogen) atoms. The molecule has 0 unspecified atom stereocenters. The highest BCUT2D eigenvalue weighted by atomic mass is 14.9. The van der Waals surface area contributed by atoms with Gasteiger partial charge in [0.1, 0.15) is 5.52 Å². The molecule has 6 aromatic rings. The van der Waals surface area contributed by atoms with Crippen LogP contribution in [0.2, 0.25) is 0 Å². The van der Waals surface area contributed by atoms with E-state index >= 15 is 0 Å². The van der Waals surface area contributed by atoms with Crippen molar-refractivity contribution in [1.82, 2.24) is 19.9 Å². The number of hydrogen-bond donors (Lipinski definition) is 0. The summed E-state index contributed by atoms with van der Waals surface area (Å²) in [5, 5.41) is 0.895. The first-order chi connectivity index (χ1) is 15.9. The normalized spacial score (nSPS) is 11.1. The number of aromatic nitrogens is 4. The molecule has 6 rings (SSSR count). The number of benzene rings is 4. The molecule has 4 heteroatoms. The molecule has 2 aromatic heterocycles. The molecule has 0 spiro atoms. The van der Waals surface area contributed by atoms with E-state index < -0.39 is 0 Å². The summed E-state index contributed by atoms with van der Waals surface area (Å²) in [6.45, 7) is 0. The van der Waals surface area contributed by atoms with Crippen LogP contribution in [0.4, 0.5) is 0 Å². The molecule has 4 nitrogen and oxygen atoms in total. The molecular formula is C28H18N4. The zero-order valence-corrected chi connectivity index (χ0v) is 17.2. The first-order valence-electron chi connectivity index (χ1n) is 10.5. The molecule has 0 N–H and O–H groups in total. The lowest BCUT2D eigenvalue weighted by Crippen LogP contribution is -1.98. The van der Waals surface area contributed by atoms with E-state index in [1.54, 1.807) is 12.4 Å². The molecule has 0 amide bonds. The van der Waals surface area contributed by atoms with E-state index in [4.69, 9.17) is 15.0 Å². The van der Waals surface area contributed by atoms with Crippen molar-refractivity contribution in [2.45, 2.75) is 0 Å². The lowest BCUT2D eigenvalue weighted by atomic mass is 9.90. The van der Waals surface area contributed by atoms with Gasteiger partial charge in [-0.15, -0.1) is 0 Å². The average molecular weight is 410 g/mol. The van der Waals surface area contributed by atoms with E-state index in [1.807, 2.05) is 60.8 Å². The minimum atomic E-state index is 0.692. The molecule has 0 saturated heterocycles. The third-order valence-corrected chi connectivity index (χ3v) is 5.62. The second-order valence-corrected chi connectivity index (χ2v) is 7.56. The fraction of sp³-hybridized carbons (Fsp3) is 0. The van der Waals surface area contributed by atoms with E-state index in [2.05, 4.69) is 41.4 Å². The molecule has 0 bridgehead atoms. The Balaban J connectivity index is 1.81. The molecule has 0 atom stereocenters. The molecule has 0 fully saturated rings. The standard InChI is InChI=1S/C28H18N4/c1-4-10-19(11-5-1)23-24(20-12-6-2-7-13-20)27-26(29-16-17-30-27)22-18-31-28(32-25(22)23)21-14-8-3-9-15-21/h1-18H. The highest BCUT2D eigenvalue weighted by Gasteiger charge is 2.21. The summed E-state index contributed by atoms with van der Waals surface area (Å²) in [6, 6.07) is 30.8. The molecule has 0 aliphatic heterocycles. The van der Waals surface area contributed by atoms with Gasteiger partial charge >= 0.3 is 0 Å². The van der Waals surface area contributed by atoms with Crippen molar-refractivity contribution in [2.75, 3.05) is 0 Å². The van der Waals surface area contributed by atoms with Gasteiger partial charge in [-0.3, -0.25) is 9.97 Å². The molecule has 150 valence electrons. The molecule has 0 aliphatic rings. The largest absolute Gasteiger partial charge is 0.252 e. The fourth-order valence-corrected chi connectivity index (χ4v) is 4.20.